The first-order valence-corrected chi connectivity index (χ1v) is 9.80. The van der Waals surface area contributed by atoms with Gasteiger partial charge in [0, 0.05) is 23.6 Å². The summed E-state index contributed by atoms with van der Waals surface area (Å²) >= 11 is 1.31. The maximum atomic E-state index is 12.9. The molecule has 0 saturated heterocycles. The molecule has 4 aromatic rings. The number of hydrogen-bond acceptors (Lipinski definition) is 7. The smallest absolute Gasteiger partial charge is 0.258 e. The number of nitrogens with one attached hydrogen (secondary N) is 1. The number of hydrogen-bond donors (Lipinski definition) is 1. The Hall–Kier alpha value is -3.39. The van der Waals surface area contributed by atoms with Gasteiger partial charge in [0.1, 0.15) is 0 Å². The van der Waals surface area contributed by atoms with Gasteiger partial charge in [-0.2, -0.15) is 4.37 Å². The summed E-state index contributed by atoms with van der Waals surface area (Å²) in [5, 5.41) is 2.88. The molecule has 0 spiro atoms. The lowest BCUT2D eigenvalue weighted by atomic mass is 10.1. The number of rotatable bonds is 5. The third-order valence-corrected chi connectivity index (χ3v) is 5.46. The molecule has 1 aromatic carbocycles. The number of anilines is 1. The van der Waals surface area contributed by atoms with Crippen LogP contribution in [0.5, 0.6) is 5.88 Å². The zero-order chi connectivity index (χ0) is 20.4. The number of benzene rings is 1. The number of fused-ring (bicyclic) bond motifs is 1. The standard InChI is InChI=1S/C21H19N5O2S/c1-12-5-4-6-16-20(12)24-15(11-22-16)9-17-19(13(2)26-29-17)21(27)25-14-7-8-18(28-3)23-10-14/h4-8,10-11H,9H2,1-3H3,(H,25,27). The van der Waals surface area contributed by atoms with E-state index < -0.39 is 0 Å². The summed E-state index contributed by atoms with van der Waals surface area (Å²) in [6.07, 6.45) is 3.81. The van der Waals surface area contributed by atoms with Gasteiger partial charge < -0.3 is 10.1 Å². The van der Waals surface area contributed by atoms with E-state index in [2.05, 4.69) is 19.7 Å². The highest BCUT2D eigenvalue weighted by atomic mass is 32.1. The van der Waals surface area contributed by atoms with Crippen LogP contribution in [0.1, 0.15) is 32.2 Å². The largest absolute Gasteiger partial charge is 0.481 e. The van der Waals surface area contributed by atoms with E-state index in [-0.39, 0.29) is 5.91 Å². The molecule has 0 aliphatic heterocycles. The van der Waals surface area contributed by atoms with Gasteiger partial charge in [-0.25, -0.2) is 9.97 Å². The SMILES string of the molecule is COc1ccc(NC(=O)c2c(C)nsc2Cc2cnc3cccc(C)c3n2)cn1. The number of pyridine rings is 1. The van der Waals surface area contributed by atoms with Crippen molar-refractivity contribution in [1.29, 1.82) is 0 Å². The Labute approximate surface area is 172 Å². The summed E-state index contributed by atoms with van der Waals surface area (Å²) in [7, 11) is 1.55. The number of ether oxygens (including phenoxy) is 1. The fourth-order valence-corrected chi connectivity index (χ4v) is 3.94. The van der Waals surface area contributed by atoms with Crippen molar-refractivity contribution in [2.45, 2.75) is 20.3 Å². The summed E-state index contributed by atoms with van der Waals surface area (Å²) in [5.41, 5.74) is 5.46. The number of carbonyl (C=O) groups is 1. The molecule has 0 unspecified atom stereocenters. The summed E-state index contributed by atoms with van der Waals surface area (Å²) in [6.45, 7) is 3.84. The quantitative estimate of drug-likeness (QED) is 0.541. The third-order valence-electron chi connectivity index (χ3n) is 4.53. The predicted molar refractivity (Wildman–Crippen MR) is 113 cm³/mol. The molecule has 0 atom stereocenters. The Kier molecular flexibility index (Phi) is 5.18. The first-order valence-electron chi connectivity index (χ1n) is 9.03. The van der Waals surface area contributed by atoms with Crippen LogP contribution >= 0.6 is 11.5 Å². The number of nitrogens with zero attached hydrogens (tertiary/aromatic N) is 4. The zero-order valence-corrected chi connectivity index (χ0v) is 17.1. The minimum Gasteiger partial charge on any atom is -0.481 e. The van der Waals surface area contributed by atoms with Gasteiger partial charge in [-0.1, -0.05) is 12.1 Å². The van der Waals surface area contributed by atoms with E-state index in [9.17, 15) is 4.79 Å². The lowest BCUT2D eigenvalue weighted by molar-refractivity contribution is 0.102. The minimum atomic E-state index is -0.219. The van der Waals surface area contributed by atoms with Gasteiger partial charge in [0.2, 0.25) is 5.88 Å². The zero-order valence-electron chi connectivity index (χ0n) is 16.3. The summed E-state index contributed by atoms with van der Waals surface area (Å²) < 4.78 is 9.42. The van der Waals surface area contributed by atoms with Crippen LogP contribution in [0.4, 0.5) is 5.69 Å². The third kappa shape index (κ3) is 3.93. The molecule has 0 aliphatic carbocycles. The van der Waals surface area contributed by atoms with Crippen LogP contribution in [0.2, 0.25) is 0 Å². The molecular formula is C21H19N5O2S. The first-order chi connectivity index (χ1) is 14.0. The monoisotopic (exact) mass is 405 g/mol. The summed E-state index contributed by atoms with van der Waals surface area (Å²) in [4.78, 5) is 27.1. The van der Waals surface area contributed by atoms with E-state index in [1.807, 2.05) is 32.0 Å². The predicted octanol–water partition coefficient (Wildman–Crippen LogP) is 3.95. The van der Waals surface area contributed by atoms with Crippen molar-refractivity contribution in [2.75, 3.05) is 12.4 Å². The number of carbonyl (C=O) groups excluding carboxylic acids is 1. The molecule has 7 nitrogen and oxygen atoms in total. The fraction of sp³-hybridized carbons (Fsp3) is 0.190. The highest BCUT2D eigenvalue weighted by Gasteiger charge is 2.19. The fourth-order valence-electron chi connectivity index (χ4n) is 3.06. The minimum absolute atomic E-state index is 0.219. The molecule has 3 heterocycles. The normalized spacial score (nSPS) is 10.9. The average Bonchev–Trinajstić information content (AvgIpc) is 3.09. The van der Waals surface area contributed by atoms with Crippen LogP contribution in [-0.2, 0) is 6.42 Å². The van der Waals surface area contributed by atoms with E-state index in [0.29, 0.717) is 29.2 Å². The highest BCUT2D eigenvalue weighted by Crippen LogP contribution is 2.24. The van der Waals surface area contributed by atoms with Gasteiger partial charge in [-0.3, -0.25) is 9.78 Å². The van der Waals surface area contributed by atoms with Crippen molar-refractivity contribution in [1.82, 2.24) is 19.3 Å². The molecule has 0 saturated carbocycles. The Morgan fingerprint density at radius 1 is 1.14 bits per heavy atom. The van der Waals surface area contributed by atoms with E-state index in [4.69, 9.17) is 9.72 Å². The van der Waals surface area contributed by atoms with Crippen molar-refractivity contribution in [3.8, 4) is 5.88 Å². The molecule has 3 aromatic heterocycles. The van der Waals surface area contributed by atoms with Gasteiger partial charge >= 0.3 is 0 Å². The van der Waals surface area contributed by atoms with Crippen molar-refractivity contribution < 1.29 is 9.53 Å². The summed E-state index contributed by atoms with van der Waals surface area (Å²) in [5.74, 6) is 0.269. The number of aromatic nitrogens is 4. The first kappa shape index (κ1) is 18.9. The van der Waals surface area contributed by atoms with Gasteiger partial charge in [-0.05, 0) is 43.1 Å². The number of para-hydroxylation sites is 1. The molecule has 0 bridgehead atoms. The Morgan fingerprint density at radius 2 is 2.00 bits per heavy atom. The number of methoxy groups -OCH3 is 1. The van der Waals surface area contributed by atoms with Crippen molar-refractivity contribution in [2.24, 2.45) is 0 Å². The van der Waals surface area contributed by atoms with Crippen LogP contribution in [0.3, 0.4) is 0 Å². The lowest BCUT2D eigenvalue weighted by Crippen LogP contribution is -2.14. The Morgan fingerprint density at radius 3 is 2.76 bits per heavy atom. The number of aryl methyl sites for hydroxylation is 2. The van der Waals surface area contributed by atoms with Gasteiger partial charge in [-0.15, -0.1) is 0 Å². The molecule has 0 fully saturated rings. The molecule has 1 amide bonds. The summed E-state index contributed by atoms with van der Waals surface area (Å²) in [6, 6.07) is 9.37. The maximum Gasteiger partial charge on any atom is 0.258 e. The Bertz CT molecular complexity index is 1190. The molecule has 0 aliphatic rings. The van der Waals surface area contributed by atoms with E-state index in [1.54, 1.807) is 31.6 Å². The molecule has 1 N–H and O–H groups in total. The van der Waals surface area contributed by atoms with Crippen molar-refractivity contribution >= 4 is 34.2 Å². The van der Waals surface area contributed by atoms with Crippen molar-refractivity contribution in [3.05, 3.63) is 70.1 Å². The van der Waals surface area contributed by atoms with E-state index >= 15 is 0 Å². The molecule has 29 heavy (non-hydrogen) atoms. The van der Waals surface area contributed by atoms with Crippen LogP contribution in [0, 0.1) is 13.8 Å². The van der Waals surface area contributed by atoms with Gasteiger partial charge in [0.15, 0.2) is 0 Å². The molecule has 146 valence electrons. The maximum absolute atomic E-state index is 12.9. The van der Waals surface area contributed by atoms with E-state index in [1.165, 1.54) is 11.5 Å². The topological polar surface area (TPSA) is 89.9 Å². The van der Waals surface area contributed by atoms with Crippen LogP contribution < -0.4 is 10.1 Å². The Balaban J connectivity index is 1.60. The second-order valence-corrected chi connectivity index (χ2v) is 7.45. The highest BCUT2D eigenvalue weighted by molar-refractivity contribution is 7.06. The lowest BCUT2D eigenvalue weighted by Gasteiger charge is -2.08. The van der Waals surface area contributed by atoms with Crippen LogP contribution in [0.15, 0.2) is 42.7 Å². The van der Waals surface area contributed by atoms with E-state index in [0.717, 1.165) is 27.2 Å². The van der Waals surface area contributed by atoms with Crippen LogP contribution in [-0.4, -0.2) is 32.3 Å². The molecule has 8 heteroatoms. The molecule has 0 radical (unpaired) electrons. The number of amides is 1. The molecular weight excluding hydrogens is 386 g/mol. The average molecular weight is 405 g/mol. The molecule has 4 rings (SSSR count). The second-order valence-electron chi connectivity index (χ2n) is 6.59. The second kappa shape index (κ2) is 7.92. The van der Waals surface area contributed by atoms with Crippen molar-refractivity contribution in [3.63, 3.8) is 0 Å². The van der Waals surface area contributed by atoms with Gasteiger partial charge in [0.25, 0.3) is 5.91 Å². The van der Waals surface area contributed by atoms with Crippen LogP contribution in [0.25, 0.3) is 11.0 Å². The van der Waals surface area contributed by atoms with Gasteiger partial charge in [0.05, 0.1) is 47.0 Å².